The van der Waals surface area contributed by atoms with Crippen molar-refractivity contribution in [3.63, 3.8) is 0 Å². The minimum absolute atomic E-state index is 0.0289. The van der Waals surface area contributed by atoms with Gasteiger partial charge >= 0.3 is 5.97 Å². The lowest BCUT2D eigenvalue weighted by Gasteiger charge is -2.28. The molecular weight excluding hydrogens is 236 g/mol. The minimum atomic E-state index is -0.890. The summed E-state index contributed by atoms with van der Waals surface area (Å²) in [6.45, 7) is 1.67. The molecule has 0 heterocycles. The number of hydrogen-bond donors (Lipinski definition) is 3. The number of nitrogens with one attached hydrogen (secondary N) is 2. The van der Waals surface area contributed by atoms with E-state index < -0.39 is 11.5 Å². The molecule has 0 aromatic heterocycles. The van der Waals surface area contributed by atoms with E-state index >= 15 is 0 Å². The van der Waals surface area contributed by atoms with Crippen LogP contribution >= 0.6 is 0 Å². The number of carboxylic acid groups (broad SMARTS) is 1. The van der Waals surface area contributed by atoms with Gasteiger partial charge in [0.15, 0.2) is 0 Å². The Morgan fingerprint density at radius 1 is 1.22 bits per heavy atom. The first-order valence-electron chi connectivity index (χ1n) is 6.21. The molecule has 0 radical (unpaired) electrons. The highest BCUT2D eigenvalue weighted by Gasteiger charge is 2.37. The zero-order chi connectivity index (χ0) is 13.6. The van der Waals surface area contributed by atoms with E-state index in [0.717, 1.165) is 12.8 Å². The molecule has 2 amide bonds. The highest BCUT2D eigenvalue weighted by molar-refractivity contribution is 5.79. The van der Waals surface area contributed by atoms with E-state index in [1.165, 1.54) is 6.92 Å². The van der Waals surface area contributed by atoms with Gasteiger partial charge in [-0.2, -0.15) is 0 Å². The van der Waals surface area contributed by atoms with E-state index in [9.17, 15) is 14.4 Å². The molecule has 0 bridgehead atoms. The topological polar surface area (TPSA) is 95.5 Å². The van der Waals surface area contributed by atoms with Gasteiger partial charge in [0.2, 0.25) is 11.8 Å². The van der Waals surface area contributed by atoms with Gasteiger partial charge in [0.25, 0.3) is 0 Å². The van der Waals surface area contributed by atoms with E-state index in [2.05, 4.69) is 10.6 Å². The Morgan fingerprint density at radius 2 is 1.83 bits per heavy atom. The van der Waals surface area contributed by atoms with Crippen LogP contribution in [-0.2, 0) is 14.4 Å². The first-order chi connectivity index (χ1) is 8.43. The molecule has 0 atom stereocenters. The van der Waals surface area contributed by atoms with Crippen LogP contribution in [0.15, 0.2) is 0 Å². The summed E-state index contributed by atoms with van der Waals surface area (Å²) >= 11 is 0. The third-order valence-electron chi connectivity index (χ3n) is 3.18. The Bertz CT molecular complexity index is 335. The first-order valence-corrected chi connectivity index (χ1v) is 6.21. The molecule has 0 aromatic carbocycles. The number of amides is 2. The number of carbonyl (C=O) groups is 3. The molecule has 0 saturated heterocycles. The Labute approximate surface area is 106 Å². The summed E-state index contributed by atoms with van der Waals surface area (Å²) in [5.41, 5.74) is -0.584. The predicted octanol–water partition coefficient (Wildman–Crippen LogP) is 0.416. The molecule has 6 nitrogen and oxygen atoms in total. The van der Waals surface area contributed by atoms with Gasteiger partial charge in [-0.1, -0.05) is 12.8 Å². The monoisotopic (exact) mass is 256 g/mol. The van der Waals surface area contributed by atoms with Crippen LogP contribution in [0.25, 0.3) is 0 Å². The second-order valence-corrected chi connectivity index (χ2v) is 4.84. The third kappa shape index (κ3) is 4.73. The van der Waals surface area contributed by atoms with Crippen molar-refractivity contribution in [2.75, 3.05) is 6.54 Å². The molecule has 0 aliphatic heterocycles. The average molecular weight is 256 g/mol. The highest BCUT2D eigenvalue weighted by atomic mass is 16.4. The molecule has 18 heavy (non-hydrogen) atoms. The summed E-state index contributed by atoms with van der Waals surface area (Å²) < 4.78 is 0. The van der Waals surface area contributed by atoms with Crippen molar-refractivity contribution in [1.29, 1.82) is 0 Å². The van der Waals surface area contributed by atoms with Crippen LogP contribution in [0.2, 0.25) is 0 Å². The number of carboxylic acids is 1. The number of rotatable bonds is 6. The maximum absolute atomic E-state index is 11.7. The van der Waals surface area contributed by atoms with Crippen LogP contribution in [0.3, 0.4) is 0 Å². The molecule has 0 aromatic rings. The zero-order valence-corrected chi connectivity index (χ0v) is 10.6. The molecule has 102 valence electrons. The highest BCUT2D eigenvalue weighted by Crippen LogP contribution is 2.32. The van der Waals surface area contributed by atoms with E-state index in [0.29, 0.717) is 12.8 Å². The van der Waals surface area contributed by atoms with Gasteiger partial charge < -0.3 is 15.7 Å². The Hall–Kier alpha value is -1.59. The van der Waals surface area contributed by atoms with Crippen LogP contribution in [0.4, 0.5) is 0 Å². The molecule has 1 aliphatic carbocycles. The quantitative estimate of drug-likeness (QED) is 0.641. The summed E-state index contributed by atoms with van der Waals surface area (Å²) in [7, 11) is 0. The van der Waals surface area contributed by atoms with Crippen LogP contribution in [0, 0.1) is 0 Å². The van der Waals surface area contributed by atoms with Crippen molar-refractivity contribution in [3.8, 4) is 0 Å². The molecule has 0 spiro atoms. The molecule has 1 rings (SSSR count). The van der Waals surface area contributed by atoms with Gasteiger partial charge in [0.05, 0.1) is 12.0 Å². The lowest BCUT2D eigenvalue weighted by Crippen LogP contribution is -2.48. The van der Waals surface area contributed by atoms with Crippen molar-refractivity contribution in [2.45, 2.75) is 51.0 Å². The fraction of sp³-hybridized carbons (Fsp3) is 0.750. The summed E-state index contributed by atoms with van der Waals surface area (Å²) in [5, 5.41) is 14.3. The summed E-state index contributed by atoms with van der Waals surface area (Å²) in [4.78, 5) is 33.2. The van der Waals surface area contributed by atoms with Gasteiger partial charge in [-0.3, -0.25) is 14.4 Å². The van der Waals surface area contributed by atoms with E-state index in [1.54, 1.807) is 0 Å². The minimum Gasteiger partial charge on any atom is -0.481 e. The summed E-state index contributed by atoms with van der Waals surface area (Å²) in [6.07, 6.45) is 3.47. The van der Waals surface area contributed by atoms with Crippen LogP contribution in [-0.4, -0.2) is 35.0 Å². The smallest absolute Gasteiger partial charge is 0.305 e. The number of aliphatic carboxylic acids is 1. The van der Waals surface area contributed by atoms with Crippen molar-refractivity contribution in [3.05, 3.63) is 0 Å². The molecule has 3 N–H and O–H groups in total. The molecule has 1 fully saturated rings. The lowest BCUT2D eigenvalue weighted by molar-refractivity contribution is -0.139. The standard InChI is InChI=1S/C12H20N2O4/c1-9(15)13-7-4-10(16)14-12(8-11(17)18)5-2-3-6-12/h2-8H2,1H3,(H,13,15)(H,14,16)(H,17,18). The number of carbonyl (C=O) groups excluding carboxylic acids is 2. The van der Waals surface area contributed by atoms with Crippen LogP contribution in [0.1, 0.15) is 45.4 Å². The third-order valence-corrected chi connectivity index (χ3v) is 3.18. The first kappa shape index (κ1) is 14.5. The fourth-order valence-electron chi connectivity index (χ4n) is 2.40. The Morgan fingerprint density at radius 3 is 2.33 bits per heavy atom. The van der Waals surface area contributed by atoms with E-state index in [4.69, 9.17) is 5.11 Å². The van der Waals surface area contributed by atoms with E-state index in [-0.39, 0.29) is 31.2 Å². The molecule has 1 aliphatic rings. The van der Waals surface area contributed by atoms with Crippen LogP contribution in [0.5, 0.6) is 0 Å². The van der Waals surface area contributed by atoms with Gasteiger partial charge in [-0.05, 0) is 12.8 Å². The Balaban J connectivity index is 2.43. The van der Waals surface area contributed by atoms with Crippen molar-refractivity contribution < 1.29 is 19.5 Å². The van der Waals surface area contributed by atoms with Gasteiger partial charge in [0, 0.05) is 19.9 Å². The zero-order valence-electron chi connectivity index (χ0n) is 10.6. The number of hydrogen-bond acceptors (Lipinski definition) is 3. The largest absolute Gasteiger partial charge is 0.481 e. The fourth-order valence-corrected chi connectivity index (χ4v) is 2.40. The van der Waals surface area contributed by atoms with E-state index in [1.807, 2.05) is 0 Å². The van der Waals surface area contributed by atoms with Gasteiger partial charge in [-0.15, -0.1) is 0 Å². The normalized spacial score (nSPS) is 17.2. The maximum Gasteiger partial charge on any atom is 0.305 e. The second kappa shape index (κ2) is 6.37. The summed E-state index contributed by atoms with van der Waals surface area (Å²) in [6, 6.07) is 0. The molecule has 1 saturated carbocycles. The molecule has 0 unspecified atom stereocenters. The summed E-state index contributed by atoms with van der Waals surface area (Å²) in [5.74, 6) is -1.27. The lowest BCUT2D eigenvalue weighted by atomic mass is 9.93. The van der Waals surface area contributed by atoms with Crippen molar-refractivity contribution in [1.82, 2.24) is 10.6 Å². The average Bonchev–Trinajstić information content (AvgIpc) is 2.64. The van der Waals surface area contributed by atoms with Gasteiger partial charge in [-0.25, -0.2) is 0 Å². The molecule has 6 heteroatoms. The predicted molar refractivity (Wildman–Crippen MR) is 64.9 cm³/mol. The van der Waals surface area contributed by atoms with Crippen LogP contribution < -0.4 is 10.6 Å². The van der Waals surface area contributed by atoms with Gasteiger partial charge in [0.1, 0.15) is 0 Å². The Kier molecular flexibility index (Phi) is 5.12. The maximum atomic E-state index is 11.7. The van der Waals surface area contributed by atoms with Crippen molar-refractivity contribution >= 4 is 17.8 Å². The molecular formula is C12H20N2O4. The SMILES string of the molecule is CC(=O)NCCC(=O)NC1(CC(=O)O)CCCC1. The van der Waals surface area contributed by atoms with Crippen molar-refractivity contribution in [2.24, 2.45) is 0 Å². The second-order valence-electron chi connectivity index (χ2n) is 4.84.